The van der Waals surface area contributed by atoms with Crippen LogP contribution in [0.5, 0.6) is 0 Å². The molecule has 1 aromatic heterocycles. The zero-order chi connectivity index (χ0) is 17.9. The van der Waals surface area contributed by atoms with Crippen LogP contribution in [0.4, 0.5) is 0 Å². The number of guanidine groups is 1. The third-order valence-corrected chi connectivity index (χ3v) is 9.11. The average molecular weight is 385 g/mol. The van der Waals surface area contributed by atoms with E-state index in [0.717, 1.165) is 49.5 Å². The Hall–Kier alpha value is -1.15. The van der Waals surface area contributed by atoms with Crippen LogP contribution in [-0.4, -0.2) is 54.9 Å². The van der Waals surface area contributed by atoms with Gasteiger partial charge in [0.05, 0.1) is 17.0 Å². The third-order valence-electron chi connectivity index (χ3n) is 5.39. The Morgan fingerprint density at radius 3 is 2.80 bits per heavy atom. The fraction of sp³-hybridized carbons (Fsp3) is 0.765. The number of rotatable bonds is 3. The van der Waals surface area contributed by atoms with Crippen LogP contribution < -0.4 is 5.32 Å². The largest absolute Gasteiger partial charge is 0.350 e. The Labute approximate surface area is 154 Å². The lowest BCUT2D eigenvalue weighted by Crippen LogP contribution is -2.60. The lowest BCUT2D eigenvalue weighted by atomic mass is 9.87. The minimum atomic E-state index is -3.02. The molecule has 2 heterocycles. The second kappa shape index (κ2) is 7.61. The number of nitrogens with zero attached hydrogens (tertiary/aromatic N) is 3. The Morgan fingerprint density at radius 2 is 2.16 bits per heavy atom. The topological polar surface area (TPSA) is 74.7 Å². The quantitative estimate of drug-likeness (QED) is 0.639. The molecule has 1 aliphatic heterocycles. The molecule has 0 radical (unpaired) electrons. The molecule has 2 fully saturated rings. The van der Waals surface area contributed by atoms with Gasteiger partial charge in [0.15, 0.2) is 15.8 Å². The van der Waals surface area contributed by atoms with E-state index in [9.17, 15) is 8.42 Å². The lowest BCUT2D eigenvalue weighted by molar-refractivity contribution is 0.274. The van der Waals surface area contributed by atoms with Crippen LogP contribution >= 0.6 is 11.3 Å². The summed E-state index contributed by atoms with van der Waals surface area (Å²) in [6.45, 7) is 3.84. The Kier molecular flexibility index (Phi) is 5.68. The SMILES string of the molecule is CCc1cnc(CNC(=NC)N2CCS(=O)(=O)C3(CCCCC3)C2)s1. The Morgan fingerprint density at radius 1 is 1.40 bits per heavy atom. The second-order valence-electron chi connectivity index (χ2n) is 6.96. The molecule has 0 aromatic carbocycles. The van der Waals surface area contributed by atoms with E-state index in [-0.39, 0.29) is 5.75 Å². The van der Waals surface area contributed by atoms with Crippen LogP contribution in [0.25, 0.3) is 0 Å². The van der Waals surface area contributed by atoms with Crippen LogP contribution in [0.1, 0.15) is 48.9 Å². The van der Waals surface area contributed by atoms with Gasteiger partial charge in [0.25, 0.3) is 0 Å². The summed E-state index contributed by atoms with van der Waals surface area (Å²) in [6.07, 6.45) is 7.67. The molecule has 1 N–H and O–H groups in total. The standard InChI is InChI=1S/C17H28N4O2S2/c1-3-14-11-19-15(24-14)12-20-16(18-2)21-9-10-25(22,23)17(13-21)7-5-4-6-8-17/h11H,3-10,12-13H2,1-2H3,(H,18,20). The first-order valence-corrected chi connectivity index (χ1v) is 11.6. The summed E-state index contributed by atoms with van der Waals surface area (Å²) in [6, 6.07) is 0. The molecule has 140 valence electrons. The van der Waals surface area contributed by atoms with Gasteiger partial charge in [-0.1, -0.05) is 26.2 Å². The number of aryl methyl sites for hydroxylation is 1. The molecular formula is C17H28N4O2S2. The normalized spacial score (nSPS) is 23.0. The molecule has 0 atom stereocenters. The average Bonchev–Trinajstić information content (AvgIpc) is 3.08. The zero-order valence-corrected chi connectivity index (χ0v) is 16.8. The minimum Gasteiger partial charge on any atom is -0.350 e. The van der Waals surface area contributed by atoms with Gasteiger partial charge in [0.2, 0.25) is 0 Å². The van der Waals surface area contributed by atoms with Crippen molar-refractivity contribution in [2.24, 2.45) is 4.99 Å². The van der Waals surface area contributed by atoms with Gasteiger partial charge in [0.1, 0.15) is 5.01 Å². The van der Waals surface area contributed by atoms with Gasteiger partial charge >= 0.3 is 0 Å². The van der Waals surface area contributed by atoms with Crippen molar-refractivity contribution < 1.29 is 8.42 Å². The van der Waals surface area contributed by atoms with E-state index in [1.165, 1.54) is 4.88 Å². The molecule has 25 heavy (non-hydrogen) atoms. The molecule has 1 aromatic rings. The molecule has 1 saturated heterocycles. The van der Waals surface area contributed by atoms with Crippen LogP contribution in [0.3, 0.4) is 0 Å². The number of hydrogen-bond acceptors (Lipinski definition) is 5. The first-order valence-electron chi connectivity index (χ1n) is 9.11. The van der Waals surface area contributed by atoms with Gasteiger partial charge in [-0.25, -0.2) is 13.4 Å². The van der Waals surface area contributed by atoms with Crippen molar-refractivity contribution in [1.29, 1.82) is 0 Å². The molecule has 6 nitrogen and oxygen atoms in total. The van der Waals surface area contributed by atoms with Crippen LogP contribution in [0.2, 0.25) is 0 Å². The van der Waals surface area contributed by atoms with Crippen LogP contribution in [0.15, 0.2) is 11.2 Å². The number of thiazole rings is 1. The molecule has 3 rings (SSSR count). The van der Waals surface area contributed by atoms with Crippen molar-refractivity contribution in [3.63, 3.8) is 0 Å². The van der Waals surface area contributed by atoms with Gasteiger partial charge in [-0.05, 0) is 19.3 Å². The van der Waals surface area contributed by atoms with E-state index in [1.54, 1.807) is 18.4 Å². The highest BCUT2D eigenvalue weighted by Gasteiger charge is 2.48. The summed E-state index contributed by atoms with van der Waals surface area (Å²) in [5, 5.41) is 4.41. The zero-order valence-electron chi connectivity index (χ0n) is 15.1. The van der Waals surface area contributed by atoms with E-state index in [4.69, 9.17) is 0 Å². The number of nitrogens with one attached hydrogen (secondary N) is 1. The number of aliphatic imine (C=N–C) groups is 1. The smallest absolute Gasteiger partial charge is 0.194 e. The first kappa shape index (κ1) is 18.6. The second-order valence-corrected chi connectivity index (χ2v) is 10.7. The molecule has 1 saturated carbocycles. The van der Waals surface area contributed by atoms with Crippen molar-refractivity contribution in [1.82, 2.24) is 15.2 Å². The Balaban J connectivity index is 1.68. The summed E-state index contributed by atoms with van der Waals surface area (Å²) in [7, 11) is -1.26. The van der Waals surface area contributed by atoms with E-state index in [2.05, 4.69) is 27.1 Å². The van der Waals surface area contributed by atoms with Crippen molar-refractivity contribution in [3.8, 4) is 0 Å². The van der Waals surface area contributed by atoms with Gasteiger partial charge in [-0.2, -0.15) is 0 Å². The summed E-state index contributed by atoms with van der Waals surface area (Å²) >= 11 is 1.71. The first-order chi connectivity index (χ1) is 12.0. The highest BCUT2D eigenvalue weighted by atomic mass is 32.2. The van der Waals surface area contributed by atoms with E-state index < -0.39 is 14.6 Å². The fourth-order valence-corrected chi connectivity index (χ4v) is 6.86. The molecule has 1 spiro atoms. The fourth-order valence-electron chi connectivity index (χ4n) is 3.90. The van der Waals surface area contributed by atoms with Crippen molar-refractivity contribution in [3.05, 3.63) is 16.1 Å². The van der Waals surface area contributed by atoms with Crippen molar-refractivity contribution in [2.75, 3.05) is 25.9 Å². The highest BCUT2D eigenvalue weighted by Crippen LogP contribution is 2.38. The van der Waals surface area contributed by atoms with Gasteiger partial charge < -0.3 is 10.2 Å². The van der Waals surface area contributed by atoms with Crippen molar-refractivity contribution in [2.45, 2.75) is 56.7 Å². The van der Waals surface area contributed by atoms with Crippen LogP contribution in [0, 0.1) is 0 Å². The minimum absolute atomic E-state index is 0.227. The predicted molar refractivity (Wildman–Crippen MR) is 103 cm³/mol. The monoisotopic (exact) mass is 384 g/mol. The third kappa shape index (κ3) is 3.84. The molecule has 0 unspecified atom stereocenters. The maximum absolute atomic E-state index is 12.7. The summed E-state index contributed by atoms with van der Waals surface area (Å²) in [5.41, 5.74) is 0. The van der Waals surface area contributed by atoms with Gasteiger partial charge in [0, 0.05) is 31.2 Å². The van der Waals surface area contributed by atoms with Crippen molar-refractivity contribution >= 4 is 27.1 Å². The maximum Gasteiger partial charge on any atom is 0.194 e. The number of sulfone groups is 1. The lowest BCUT2D eigenvalue weighted by Gasteiger charge is -2.45. The number of aromatic nitrogens is 1. The summed E-state index contributed by atoms with van der Waals surface area (Å²) in [4.78, 5) is 12.2. The summed E-state index contributed by atoms with van der Waals surface area (Å²) in [5.74, 6) is 1.01. The van der Waals surface area contributed by atoms with E-state index in [1.807, 2.05) is 6.20 Å². The molecule has 8 heteroatoms. The number of hydrogen-bond donors (Lipinski definition) is 1. The molecule has 2 aliphatic rings. The Bertz CT molecular complexity index is 721. The van der Waals surface area contributed by atoms with E-state index in [0.29, 0.717) is 19.6 Å². The van der Waals surface area contributed by atoms with Gasteiger partial charge in [-0.15, -0.1) is 11.3 Å². The van der Waals surface area contributed by atoms with E-state index >= 15 is 0 Å². The highest BCUT2D eigenvalue weighted by molar-refractivity contribution is 7.92. The molecule has 0 bridgehead atoms. The van der Waals surface area contributed by atoms with Gasteiger partial charge in [-0.3, -0.25) is 4.99 Å². The predicted octanol–water partition coefficient (Wildman–Crippen LogP) is 2.21. The summed E-state index contributed by atoms with van der Waals surface area (Å²) < 4.78 is 24.9. The molecule has 0 amide bonds. The van der Waals surface area contributed by atoms with Crippen LogP contribution in [-0.2, 0) is 22.8 Å². The molecule has 1 aliphatic carbocycles. The maximum atomic E-state index is 12.7. The molecular weight excluding hydrogens is 356 g/mol.